The molecule has 0 saturated carbocycles. The fraction of sp³-hybridized carbons (Fsp3) is 0. The minimum absolute atomic E-state index is 0.967. The van der Waals surface area contributed by atoms with Crippen molar-refractivity contribution in [2.24, 2.45) is 0 Å². The fourth-order valence-electron chi connectivity index (χ4n) is 10.3. The third kappa shape index (κ3) is 7.47. The first-order chi connectivity index (χ1) is 33.8. The second-order valence-corrected chi connectivity index (χ2v) is 17.4. The molecule has 1 heteroatoms. The molecule has 0 aliphatic heterocycles. The minimum Gasteiger partial charge on any atom is -0.256 e. The summed E-state index contributed by atoms with van der Waals surface area (Å²) in [6.45, 7) is 0. The molecule has 0 radical (unpaired) electrons. The molecule has 0 unspecified atom stereocenters. The van der Waals surface area contributed by atoms with Gasteiger partial charge in [0.25, 0.3) is 0 Å². The lowest BCUT2D eigenvalue weighted by Gasteiger charge is -2.24. The quantitative estimate of drug-likeness (QED) is 0.132. The molecule has 0 aliphatic carbocycles. The normalized spacial score (nSPS) is 11.2. The number of hydrogen-bond donors (Lipinski definition) is 0. The van der Waals surface area contributed by atoms with E-state index >= 15 is 0 Å². The smallest absolute Gasteiger partial charge is 0.0702 e. The van der Waals surface area contributed by atoms with Gasteiger partial charge in [0.1, 0.15) is 0 Å². The summed E-state index contributed by atoms with van der Waals surface area (Å²) >= 11 is 0. The zero-order valence-corrected chi connectivity index (χ0v) is 37.4. The van der Waals surface area contributed by atoms with Crippen LogP contribution in [-0.4, -0.2) is 4.98 Å². The van der Waals surface area contributed by atoms with Crippen molar-refractivity contribution in [2.75, 3.05) is 0 Å². The van der Waals surface area contributed by atoms with Crippen LogP contribution in [0.25, 0.3) is 122 Å². The van der Waals surface area contributed by atoms with E-state index in [2.05, 4.69) is 260 Å². The van der Waals surface area contributed by atoms with Gasteiger partial charge in [0, 0.05) is 11.8 Å². The molecule has 1 nitrogen and oxygen atoms in total. The Morgan fingerprint density at radius 2 is 0.529 bits per heavy atom. The van der Waals surface area contributed by atoms with E-state index in [1.807, 2.05) is 18.3 Å². The van der Waals surface area contributed by atoms with E-state index in [9.17, 15) is 0 Å². The van der Waals surface area contributed by atoms with Gasteiger partial charge in [0.15, 0.2) is 0 Å². The summed E-state index contributed by atoms with van der Waals surface area (Å²) in [6, 6.07) is 97.1. The summed E-state index contributed by atoms with van der Waals surface area (Å²) in [7, 11) is 0. The molecule has 318 valence electrons. The van der Waals surface area contributed by atoms with Crippen molar-refractivity contribution < 1.29 is 0 Å². The maximum Gasteiger partial charge on any atom is 0.0702 e. The molecule has 0 amide bonds. The molecule has 11 aromatic carbocycles. The molecule has 0 saturated heterocycles. The first-order valence-corrected chi connectivity index (χ1v) is 23.4. The Bertz CT molecular complexity index is 3690. The highest BCUT2D eigenvalue weighted by Gasteiger charge is 2.24. The van der Waals surface area contributed by atoms with Crippen molar-refractivity contribution in [2.45, 2.75) is 0 Å². The number of benzene rings is 11. The van der Waals surface area contributed by atoms with Gasteiger partial charge in [-0.2, -0.15) is 0 Å². The average Bonchev–Trinajstić information content (AvgIpc) is 3.43. The standard InChI is InChI=1S/C67H45N/c1-5-22-46(23-6-1)60-45-61(66(48-26-9-3-10-27-48)67(49-28-11-4-12-29-49)65(60)47-24-7-2-8-25-47)52-32-19-30-50(42-52)51-31-20-34-54(43-51)63-56-36-13-15-38-58(56)64(59-39-16-14-37-57(59)63)55-35-21-33-53(44-55)62-40-17-18-41-68-62/h1-45H. The topological polar surface area (TPSA) is 12.9 Å². The number of nitrogens with zero attached hydrogens (tertiary/aromatic N) is 1. The van der Waals surface area contributed by atoms with E-state index in [-0.39, 0.29) is 0 Å². The third-order valence-electron chi connectivity index (χ3n) is 13.3. The molecule has 12 aromatic rings. The molecule has 0 bridgehead atoms. The van der Waals surface area contributed by atoms with Crippen molar-refractivity contribution in [3.8, 4) is 100 Å². The molecule has 68 heavy (non-hydrogen) atoms. The predicted molar refractivity (Wildman–Crippen MR) is 288 cm³/mol. The number of pyridine rings is 1. The van der Waals surface area contributed by atoms with E-state index in [1.165, 1.54) is 99.4 Å². The zero-order chi connectivity index (χ0) is 45.2. The van der Waals surface area contributed by atoms with Gasteiger partial charge in [0.2, 0.25) is 0 Å². The van der Waals surface area contributed by atoms with E-state index in [1.54, 1.807) is 0 Å². The van der Waals surface area contributed by atoms with Crippen LogP contribution in [0, 0.1) is 0 Å². The summed E-state index contributed by atoms with van der Waals surface area (Å²) < 4.78 is 0. The largest absolute Gasteiger partial charge is 0.256 e. The van der Waals surface area contributed by atoms with Gasteiger partial charge in [-0.25, -0.2) is 0 Å². The van der Waals surface area contributed by atoms with E-state index in [4.69, 9.17) is 0 Å². The molecule has 0 aliphatic rings. The molecule has 0 atom stereocenters. The van der Waals surface area contributed by atoms with Gasteiger partial charge in [-0.05, 0) is 147 Å². The monoisotopic (exact) mass is 863 g/mol. The Balaban J connectivity index is 1.06. The summed E-state index contributed by atoms with van der Waals surface area (Å²) in [5.41, 5.74) is 21.2. The lowest BCUT2D eigenvalue weighted by molar-refractivity contribution is 1.33. The maximum atomic E-state index is 4.68. The fourth-order valence-corrected chi connectivity index (χ4v) is 10.3. The second kappa shape index (κ2) is 17.8. The lowest BCUT2D eigenvalue weighted by atomic mass is 9.78. The van der Waals surface area contributed by atoms with Crippen LogP contribution >= 0.6 is 0 Å². The van der Waals surface area contributed by atoms with Crippen LogP contribution in [-0.2, 0) is 0 Å². The van der Waals surface area contributed by atoms with Gasteiger partial charge >= 0.3 is 0 Å². The molecular weight excluding hydrogens is 819 g/mol. The average molecular weight is 864 g/mol. The van der Waals surface area contributed by atoms with Crippen molar-refractivity contribution in [3.05, 3.63) is 273 Å². The highest BCUT2D eigenvalue weighted by Crippen LogP contribution is 2.51. The molecular formula is C67H45N. The van der Waals surface area contributed by atoms with E-state index in [0.717, 1.165) is 22.4 Å². The number of hydrogen-bond acceptors (Lipinski definition) is 1. The minimum atomic E-state index is 0.967. The van der Waals surface area contributed by atoms with Crippen LogP contribution in [0.5, 0.6) is 0 Å². The van der Waals surface area contributed by atoms with Crippen molar-refractivity contribution in [3.63, 3.8) is 0 Å². The first kappa shape index (κ1) is 40.6. The van der Waals surface area contributed by atoms with Crippen LogP contribution in [0.3, 0.4) is 0 Å². The summed E-state index contributed by atoms with van der Waals surface area (Å²) in [5.74, 6) is 0. The van der Waals surface area contributed by atoms with Gasteiger partial charge in [-0.3, -0.25) is 4.98 Å². The Kier molecular flexibility index (Phi) is 10.6. The van der Waals surface area contributed by atoms with Gasteiger partial charge < -0.3 is 0 Å². The lowest BCUT2D eigenvalue weighted by Crippen LogP contribution is -1.98. The third-order valence-corrected chi connectivity index (χ3v) is 13.3. The predicted octanol–water partition coefficient (Wildman–Crippen LogP) is 18.4. The highest BCUT2D eigenvalue weighted by atomic mass is 14.7. The Hall–Kier alpha value is -8.91. The Morgan fingerprint density at radius 1 is 0.191 bits per heavy atom. The summed E-state index contributed by atoms with van der Waals surface area (Å²) in [6.07, 6.45) is 1.86. The summed E-state index contributed by atoms with van der Waals surface area (Å²) in [5, 5.41) is 4.90. The summed E-state index contributed by atoms with van der Waals surface area (Å²) in [4.78, 5) is 4.68. The van der Waals surface area contributed by atoms with Gasteiger partial charge in [-0.15, -0.1) is 0 Å². The molecule has 0 fully saturated rings. The molecule has 0 spiro atoms. The van der Waals surface area contributed by atoms with Crippen molar-refractivity contribution >= 4 is 21.5 Å². The molecule has 1 heterocycles. The van der Waals surface area contributed by atoms with Gasteiger partial charge in [-0.1, -0.05) is 231 Å². The van der Waals surface area contributed by atoms with Gasteiger partial charge in [0.05, 0.1) is 5.69 Å². The maximum absolute atomic E-state index is 4.68. The molecule has 0 N–H and O–H groups in total. The Labute approximate surface area is 398 Å². The number of fused-ring (bicyclic) bond motifs is 2. The van der Waals surface area contributed by atoms with E-state index in [0.29, 0.717) is 0 Å². The zero-order valence-electron chi connectivity index (χ0n) is 37.4. The Morgan fingerprint density at radius 3 is 1.00 bits per heavy atom. The number of aromatic nitrogens is 1. The van der Waals surface area contributed by atoms with Crippen LogP contribution < -0.4 is 0 Å². The van der Waals surface area contributed by atoms with Crippen LogP contribution in [0.1, 0.15) is 0 Å². The SMILES string of the molecule is c1ccc(-c2cc(-c3cccc(-c4cccc(-c5c6ccccc6c(-c6cccc(-c7ccccn7)c6)c6ccccc56)c4)c3)c(-c3ccccc3)c(-c3ccccc3)c2-c2ccccc2)cc1. The number of rotatable bonds is 9. The van der Waals surface area contributed by atoms with Crippen LogP contribution in [0.4, 0.5) is 0 Å². The van der Waals surface area contributed by atoms with Crippen LogP contribution in [0.2, 0.25) is 0 Å². The van der Waals surface area contributed by atoms with E-state index < -0.39 is 0 Å². The highest BCUT2D eigenvalue weighted by molar-refractivity contribution is 6.21. The first-order valence-electron chi connectivity index (χ1n) is 23.4. The second-order valence-electron chi connectivity index (χ2n) is 17.4. The van der Waals surface area contributed by atoms with Crippen molar-refractivity contribution in [1.82, 2.24) is 4.98 Å². The molecule has 1 aromatic heterocycles. The molecule has 12 rings (SSSR count). The van der Waals surface area contributed by atoms with Crippen molar-refractivity contribution in [1.29, 1.82) is 0 Å². The van der Waals surface area contributed by atoms with Crippen LogP contribution in [0.15, 0.2) is 273 Å².